The Morgan fingerprint density at radius 3 is 2.50 bits per heavy atom. The highest BCUT2D eigenvalue weighted by molar-refractivity contribution is 5.25. The molecule has 0 aliphatic heterocycles. The van der Waals surface area contributed by atoms with E-state index in [0.717, 1.165) is 13.1 Å². The number of benzene rings is 1. The summed E-state index contributed by atoms with van der Waals surface area (Å²) in [7, 11) is 0. The van der Waals surface area contributed by atoms with Crippen LogP contribution in [-0.2, 0) is 6.54 Å². The van der Waals surface area contributed by atoms with Gasteiger partial charge in [0.25, 0.3) is 0 Å². The molecular weight excluding hydrogens is 174 g/mol. The fraction of sp³-hybridized carbons (Fsp3) is 0.333. The number of aromatic hydroxyl groups is 1. The molecule has 0 saturated heterocycles. The van der Waals surface area contributed by atoms with E-state index >= 15 is 0 Å². The summed E-state index contributed by atoms with van der Waals surface area (Å²) in [5, 5.41) is 12.4. The molecule has 1 aromatic carbocycles. The van der Waals surface area contributed by atoms with Crippen LogP contribution in [0, 0.1) is 0 Å². The van der Waals surface area contributed by atoms with E-state index in [1.807, 2.05) is 12.1 Å². The van der Waals surface area contributed by atoms with Crippen LogP contribution < -0.4 is 5.32 Å². The summed E-state index contributed by atoms with van der Waals surface area (Å²) in [6, 6.07) is 7.26. The van der Waals surface area contributed by atoms with Crippen molar-refractivity contribution in [3.8, 4) is 5.75 Å². The fourth-order valence-corrected chi connectivity index (χ4v) is 1.11. The molecule has 0 unspecified atom stereocenters. The second-order valence-electron chi connectivity index (χ2n) is 3.58. The molecule has 76 valence electrons. The molecule has 0 amide bonds. The second kappa shape index (κ2) is 5.45. The first-order valence-corrected chi connectivity index (χ1v) is 4.80. The maximum absolute atomic E-state index is 9.07. The molecule has 0 atom stereocenters. The Morgan fingerprint density at radius 2 is 1.93 bits per heavy atom. The highest BCUT2D eigenvalue weighted by Crippen LogP contribution is 2.08. The molecular formula is C12H17NO. The monoisotopic (exact) mass is 191 g/mol. The van der Waals surface area contributed by atoms with Crippen LogP contribution in [-0.4, -0.2) is 11.7 Å². The smallest absolute Gasteiger partial charge is 0.115 e. The lowest BCUT2D eigenvalue weighted by Gasteiger charge is -2.02. The molecule has 2 N–H and O–H groups in total. The lowest BCUT2D eigenvalue weighted by molar-refractivity contribution is 0.475. The fourth-order valence-electron chi connectivity index (χ4n) is 1.11. The highest BCUT2D eigenvalue weighted by Gasteiger charge is 1.91. The van der Waals surface area contributed by atoms with Gasteiger partial charge in [-0.25, -0.2) is 0 Å². The summed E-state index contributed by atoms with van der Waals surface area (Å²) < 4.78 is 0. The molecule has 0 bridgehead atoms. The zero-order valence-corrected chi connectivity index (χ0v) is 8.75. The van der Waals surface area contributed by atoms with E-state index in [9.17, 15) is 0 Å². The number of hydrogen-bond donors (Lipinski definition) is 2. The van der Waals surface area contributed by atoms with Gasteiger partial charge in [0.2, 0.25) is 0 Å². The predicted octanol–water partition coefficient (Wildman–Crippen LogP) is 2.45. The summed E-state index contributed by atoms with van der Waals surface area (Å²) in [6.45, 7) is 5.90. The van der Waals surface area contributed by atoms with Gasteiger partial charge in [-0.15, -0.1) is 0 Å². The molecule has 1 aromatic rings. The average molecular weight is 191 g/mol. The van der Waals surface area contributed by atoms with Crippen LogP contribution in [0.25, 0.3) is 0 Å². The molecule has 0 spiro atoms. The predicted molar refractivity (Wildman–Crippen MR) is 59.2 cm³/mol. The van der Waals surface area contributed by atoms with Crippen molar-refractivity contribution in [2.75, 3.05) is 6.54 Å². The Labute approximate surface area is 85.3 Å². The van der Waals surface area contributed by atoms with Crippen LogP contribution >= 0.6 is 0 Å². The van der Waals surface area contributed by atoms with Crippen LogP contribution in [0.2, 0.25) is 0 Å². The largest absolute Gasteiger partial charge is 0.508 e. The van der Waals surface area contributed by atoms with Crippen LogP contribution in [0.4, 0.5) is 0 Å². The summed E-state index contributed by atoms with van der Waals surface area (Å²) in [5.41, 5.74) is 2.51. The standard InChI is InChI=1S/C12H17NO/c1-10(2)7-8-13-9-11-3-5-12(14)6-4-11/h3-7,13-14H,8-9H2,1-2H3. The van der Waals surface area contributed by atoms with E-state index in [4.69, 9.17) is 5.11 Å². The van der Waals surface area contributed by atoms with Gasteiger partial charge in [0.05, 0.1) is 0 Å². The average Bonchev–Trinajstić information content (AvgIpc) is 2.15. The van der Waals surface area contributed by atoms with Gasteiger partial charge < -0.3 is 10.4 Å². The van der Waals surface area contributed by atoms with E-state index < -0.39 is 0 Å². The van der Waals surface area contributed by atoms with E-state index in [1.54, 1.807) is 12.1 Å². The van der Waals surface area contributed by atoms with Crippen molar-refractivity contribution < 1.29 is 5.11 Å². The molecule has 0 saturated carbocycles. The number of nitrogens with one attached hydrogen (secondary N) is 1. The summed E-state index contributed by atoms with van der Waals surface area (Å²) in [4.78, 5) is 0. The number of phenolic OH excluding ortho intramolecular Hbond substituents is 1. The van der Waals surface area contributed by atoms with Gasteiger partial charge in [-0.3, -0.25) is 0 Å². The van der Waals surface area contributed by atoms with Crippen LogP contribution in [0.5, 0.6) is 5.75 Å². The highest BCUT2D eigenvalue weighted by atomic mass is 16.3. The molecule has 0 aliphatic rings. The molecule has 0 heterocycles. The number of allylic oxidation sites excluding steroid dienone is 1. The van der Waals surface area contributed by atoms with E-state index in [-0.39, 0.29) is 0 Å². The Bertz CT molecular complexity index is 297. The lowest BCUT2D eigenvalue weighted by Crippen LogP contribution is -2.12. The molecule has 0 radical (unpaired) electrons. The van der Waals surface area contributed by atoms with Crippen molar-refractivity contribution in [2.45, 2.75) is 20.4 Å². The van der Waals surface area contributed by atoms with Crippen molar-refractivity contribution in [1.29, 1.82) is 0 Å². The minimum absolute atomic E-state index is 0.318. The molecule has 0 aromatic heterocycles. The first-order valence-electron chi connectivity index (χ1n) is 4.80. The minimum atomic E-state index is 0.318. The van der Waals surface area contributed by atoms with Crippen molar-refractivity contribution in [3.63, 3.8) is 0 Å². The lowest BCUT2D eigenvalue weighted by atomic mass is 10.2. The first kappa shape index (κ1) is 10.8. The summed E-state index contributed by atoms with van der Waals surface area (Å²) in [5.74, 6) is 0.318. The molecule has 14 heavy (non-hydrogen) atoms. The van der Waals surface area contributed by atoms with Crippen LogP contribution in [0.15, 0.2) is 35.9 Å². The third kappa shape index (κ3) is 4.10. The van der Waals surface area contributed by atoms with Gasteiger partial charge in [-0.2, -0.15) is 0 Å². The quantitative estimate of drug-likeness (QED) is 0.566. The van der Waals surface area contributed by atoms with Gasteiger partial charge in [0.15, 0.2) is 0 Å². The Morgan fingerprint density at radius 1 is 1.29 bits per heavy atom. The van der Waals surface area contributed by atoms with Gasteiger partial charge in [-0.1, -0.05) is 23.8 Å². The first-order chi connectivity index (χ1) is 6.68. The van der Waals surface area contributed by atoms with E-state index in [1.165, 1.54) is 11.1 Å². The van der Waals surface area contributed by atoms with E-state index in [2.05, 4.69) is 25.2 Å². The number of hydrogen-bond acceptors (Lipinski definition) is 2. The minimum Gasteiger partial charge on any atom is -0.508 e. The zero-order chi connectivity index (χ0) is 10.4. The molecule has 2 heteroatoms. The maximum atomic E-state index is 9.07. The summed E-state index contributed by atoms with van der Waals surface area (Å²) >= 11 is 0. The number of rotatable bonds is 4. The van der Waals surface area contributed by atoms with Crippen molar-refractivity contribution in [1.82, 2.24) is 5.32 Å². The van der Waals surface area contributed by atoms with Crippen LogP contribution in [0.3, 0.4) is 0 Å². The van der Waals surface area contributed by atoms with Crippen molar-refractivity contribution >= 4 is 0 Å². The van der Waals surface area contributed by atoms with Gasteiger partial charge in [0, 0.05) is 13.1 Å². The molecule has 2 nitrogen and oxygen atoms in total. The third-order valence-electron chi connectivity index (χ3n) is 1.92. The van der Waals surface area contributed by atoms with Gasteiger partial charge in [0.1, 0.15) is 5.75 Å². The maximum Gasteiger partial charge on any atom is 0.115 e. The third-order valence-corrected chi connectivity index (χ3v) is 1.92. The molecule has 0 fully saturated rings. The number of phenols is 1. The Hall–Kier alpha value is -1.28. The SMILES string of the molecule is CC(C)=CCNCc1ccc(O)cc1. The van der Waals surface area contributed by atoms with Crippen molar-refractivity contribution in [3.05, 3.63) is 41.5 Å². The van der Waals surface area contributed by atoms with Gasteiger partial charge in [-0.05, 0) is 31.5 Å². The molecule has 0 aliphatic carbocycles. The second-order valence-corrected chi connectivity index (χ2v) is 3.58. The zero-order valence-electron chi connectivity index (χ0n) is 8.75. The Balaban J connectivity index is 2.32. The normalized spacial score (nSPS) is 9.86. The van der Waals surface area contributed by atoms with E-state index in [0.29, 0.717) is 5.75 Å². The van der Waals surface area contributed by atoms with Gasteiger partial charge >= 0.3 is 0 Å². The molecule has 1 rings (SSSR count). The van der Waals surface area contributed by atoms with Crippen molar-refractivity contribution in [2.24, 2.45) is 0 Å². The topological polar surface area (TPSA) is 32.3 Å². The summed E-state index contributed by atoms with van der Waals surface area (Å²) in [6.07, 6.45) is 2.15. The van der Waals surface area contributed by atoms with Crippen LogP contribution in [0.1, 0.15) is 19.4 Å². The Kier molecular flexibility index (Phi) is 4.20.